The molecule has 0 amide bonds. The Morgan fingerprint density at radius 2 is 1.28 bits per heavy atom. The minimum absolute atomic E-state index is 0.236. The molecule has 0 aromatic heterocycles. The maximum absolute atomic E-state index is 8.79. The molecule has 0 bridgehead atoms. The number of aliphatic hydroxyl groups is 2. The lowest BCUT2D eigenvalue weighted by atomic mass is 10.2. The molecule has 6 nitrogen and oxygen atoms in total. The topological polar surface area (TPSA) is 83.6 Å². The molecule has 2 aromatic carbocycles. The third-order valence-electron chi connectivity index (χ3n) is 4.41. The first-order chi connectivity index (χ1) is 14.2. The van der Waals surface area contributed by atoms with Gasteiger partial charge in [-0.05, 0) is 93.5 Å². The van der Waals surface area contributed by atoms with E-state index in [2.05, 4.69) is 10.2 Å². The SMILES string of the molecule is Cc1cc(/N=N\c2ccc(OCCCCCO)cc2)ccc1OCCCCCO. The van der Waals surface area contributed by atoms with Gasteiger partial charge in [0.15, 0.2) is 0 Å². The van der Waals surface area contributed by atoms with Crippen LogP contribution in [-0.2, 0) is 0 Å². The standard InChI is InChI=1S/C23H32N2O4/c1-19-18-21(10-13-23(19)29-17-7-3-5-15-27)25-24-20-8-11-22(12-9-20)28-16-6-2-4-14-26/h8-13,18,26-27H,2-7,14-17H2,1H3/b25-24-. The fourth-order valence-electron chi connectivity index (χ4n) is 2.74. The number of aliphatic hydroxyl groups excluding tert-OH is 2. The highest BCUT2D eigenvalue weighted by Crippen LogP contribution is 2.26. The molecule has 0 aliphatic rings. The van der Waals surface area contributed by atoms with Crippen molar-refractivity contribution in [3.05, 3.63) is 48.0 Å². The molecular weight excluding hydrogens is 368 g/mol. The maximum atomic E-state index is 8.79. The number of unbranched alkanes of at least 4 members (excludes halogenated alkanes) is 4. The van der Waals surface area contributed by atoms with Crippen molar-refractivity contribution in [1.29, 1.82) is 0 Å². The van der Waals surface area contributed by atoms with E-state index in [-0.39, 0.29) is 13.2 Å². The highest BCUT2D eigenvalue weighted by atomic mass is 16.5. The Morgan fingerprint density at radius 3 is 1.90 bits per heavy atom. The molecule has 0 fully saturated rings. The summed E-state index contributed by atoms with van der Waals surface area (Å²) in [5.41, 5.74) is 2.56. The Morgan fingerprint density at radius 1 is 0.690 bits per heavy atom. The largest absolute Gasteiger partial charge is 0.494 e. The van der Waals surface area contributed by atoms with Crippen LogP contribution in [0.15, 0.2) is 52.7 Å². The molecule has 0 saturated carbocycles. The van der Waals surface area contributed by atoms with Gasteiger partial charge in [-0.25, -0.2) is 0 Å². The van der Waals surface area contributed by atoms with Crippen LogP contribution in [0.1, 0.15) is 44.1 Å². The Balaban J connectivity index is 1.80. The van der Waals surface area contributed by atoms with E-state index in [4.69, 9.17) is 19.7 Å². The summed E-state index contributed by atoms with van der Waals surface area (Å²) in [7, 11) is 0. The van der Waals surface area contributed by atoms with Crippen molar-refractivity contribution in [2.24, 2.45) is 10.2 Å². The van der Waals surface area contributed by atoms with Crippen LogP contribution >= 0.6 is 0 Å². The number of azo groups is 1. The first-order valence-electron chi connectivity index (χ1n) is 10.3. The Bertz CT molecular complexity index is 732. The lowest BCUT2D eigenvalue weighted by Gasteiger charge is -2.09. The summed E-state index contributed by atoms with van der Waals surface area (Å²) in [6.07, 6.45) is 5.44. The maximum Gasteiger partial charge on any atom is 0.122 e. The van der Waals surface area contributed by atoms with Gasteiger partial charge in [-0.3, -0.25) is 0 Å². The second-order valence-corrected chi connectivity index (χ2v) is 6.91. The predicted octanol–water partition coefficient (Wildman–Crippen LogP) is 5.49. The molecule has 0 atom stereocenters. The van der Waals surface area contributed by atoms with Crippen LogP contribution in [0.25, 0.3) is 0 Å². The first kappa shape index (κ1) is 22.8. The van der Waals surface area contributed by atoms with Crippen LogP contribution in [0.5, 0.6) is 11.5 Å². The van der Waals surface area contributed by atoms with Gasteiger partial charge in [-0.15, -0.1) is 0 Å². The highest BCUT2D eigenvalue weighted by Gasteiger charge is 2.02. The second-order valence-electron chi connectivity index (χ2n) is 6.91. The molecule has 0 heterocycles. The molecule has 6 heteroatoms. The smallest absolute Gasteiger partial charge is 0.122 e. The van der Waals surface area contributed by atoms with Crippen molar-refractivity contribution >= 4 is 11.4 Å². The van der Waals surface area contributed by atoms with Gasteiger partial charge in [-0.2, -0.15) is 10.2 Å². The molecular formula is C23H32N2O4. The van der Waals surface area contributed by atoms with Crippen LogP contribution in [0.4, 0.5) is 11.4 Å². The summed E-state index contributed by atoms with van der Waals surface area (Å²) in [6.45, 7) is 3.77. The summed E-state index contributed by atoms with van der Waals surface area (Å²) in [5.74, 6) is 1.66. The number of hydrogen-bond donors (Lipinski definition) is 2. The van der Waals surface area contributed by atoms with Crippen LogP contribution in [0.3, 0.4) is 0 Å². The summed E-state index contributed by atoms with van der Waals surface area (Å²) >= 11 is 0. The van der Waals surface area contributed by atoms with Crippen LogP contribution < -0.4 is 9.47 Å². The van der Waals surface area contributed by atoms with E-state index < -0.39 is 0 Å². The van der Waals surface area contributed by atoms with Crippen molar-refractivity contribution < 1.29 is 19.7 Å². The Hall–Kier alpha value is -2.44. The lowest BCUT2D eigenvalue weighted by molar-refractivity contribution is 0.265. The molecule has 158 valence electrons. The summed E-state index contributed by atoms with van der Waals surface area (Å²) in [6, 6.07) is 13.3. The number of rotatable bonds is 14. The average Bonchev–Trinajstić information content (AvgIpc) is 2.74. The highest BCUT2D eigenvalue weighted by molar-refractivity contribution is 5.47. The summed E-state index contributed by atoms with van der Waals surface area (Å²) in [5, 5.41) is 26.1. The van der Waals surface area contributed by atoms with Gasteiger partial charge in [0.05, 0.1) is 24.6 Å². The monoisotopic (exact) mass is 400 g/mol. The van der Waals surface area contributed by atoms with E-state index >= 15 is 0 Å². The second kappa shape index (κ2) is 13.7. The quantitative estimate of drug-likeness (QED) is 0.324. The van der Waals surface area contributed by atoms with Gasteiger partial charge >= 0.3 is 0 Å². The van der Waals surface area contributed by atoms with Gasteiger partial charge in [0.25, 0.3) is 0 Å². The predicted molar refractivity (Wildman–Crippen MR) is 115 cm³/mol. The van der Waals surface area contributed by atoms with E-state index in [1.165, 1.54) is 0 Å². The third-order valence-corrected chi connectivity index (χ3v) is 4.41. The average molecular weight is 401 g/mol. The Kier molecular flexibility index (Phi) is 10.8. The van der Waals surface area contributed by atoms with E-state index in [0.717, 1.165) is 67.0 Å². The van der Waals surface area contributed by atoms with Gasteiger partial charge in [-0.1, -0.05) is 0 Å². The van der Waals surface area contributed by atoms with Gasteiger partial charge < -0.3 is 19.7 Å². The van der Waals surface area contributed by atoms with Crippen molar-refractivity contribution in [1.82, 2.24) is 0 Å². The molecule has 0 saturated heterocycles. The zero-order chi connectivity index (χ0) is 20.7. The van der Waals surface area contributed by atoms with Crippen LogP contribution in [-0.4, -0.2) is 36.6 Å². The molecule has 0 spiro atoms. The first-order valence-corrected chi connectivity index (χ1v) is 10.3. The van der Waals surface area contributed by atoms with Crippen molar-refractivity contribution in [3.8, 4) is 11.5 Å². The fourth-order valence-corrected chi connectivity index (χ4v) is 2.74. The molecule has 2 aromatic rings. The number of ether oxygens (including phenoxy) is 2. The molecule has 2 rings (SSSR count). The number of nitrogens with zero attached hydrogens (tertiary/aromatic N) is 2. The molecule has 0 radical (unpaired) electrons. The van der Waals surface area contributed by atoms with E-state index in [9.17, 15) is 0 Å². The van der Waals surface area contributed by atoms with Gasteiger partial charge in [0.1, 0.15) is 11.5 Å². The molecule has 0 aliphatic heterocycles. The number of hydrogen-bond acceptors (Lipinski definition) is 6. The third kappa shape index (κ3) is 9.07. The lowest BCUT2D eigenvalue weighted by Crippen LogP contribution is -1.99. The minimum Gasteiger partial charge on any atom is -0.494 e. The molecule has 0 aliphatic carbocycles. The van der Waals surface area contributed by atoms with Gasteiger partial charge in [0.2, 0.25) is 0 Å². The normalized spacial score (nSPS) is 11.1. The zero-order valence-electron chi connectivity index (χ0n) is 17.2. The zero-order valence-corrected chi connectivity index (χ0v) is 17.2. The molecule has 29 heavy (non-hydrogen) atoms. The minimum atomic E-state index is 0.236. The van der Waals surface area contributed by atoms with Crippen LogP contribution in [0.2, 0.25) is 0 Å². The van der Waals surface area contributed by atoms with E-state index in [1.807, 2.05) is 49.4 Å². The fraction of sp³-hybridized carbons (Fsp3) is 0.478. The molecule has 2 N–H and O–H groups in total. The van der Waals surface area contributed by atoms with Crippen molar-refractivity contribution in [2.75, 3.05) is 26.4 Å². The van der Waals surface area contributed by atoms with Crippen LogP contribution in [0, 0.1) is 6.92 Å². The van der Waals surface area contributed by atoms with Crippen molar-refractivity contribution in [2.45, 2.75) is 45.4 Å². The Labute approximate surface area is 173 Å². The summed E-state index contributed by atoms with van der Waals surface area (Å²) in [4.78, 5) is 0. The molecule has 0 unspecified atom stereocenters. The number of benzene rings is 2. The summed E-state index contributed by atoms with van der Waals surface area (Å²) < 4.78 is 11.5. The van der Waals surface area contributed by atoms with E-state index in [0.29, 0.717) is 13.2 Å². The van der Waals surface area contributed by atoms with Crippen molar-refractivity contribution in [3.63, 3.8) is 0 Å². The number of aryl methyl sites for hydroxylation is 1. The van der Waals surface area contributed by atoms with Gasteiger partial charge in [0, 0.05) is 13.2 Å². The van der Waals surface area contributed by atoms with E-state index in [1.54, 1.807) is 0 Å².